The van der Waals surface area contributed by atoms with Crippen LogP contribution in [0.1, 0.15) is 16.8 Å². The van der Waals surface area contributed by atoms with Gasteiger partial charge in [0.15, 0.2) is 0 Å². The number of carbonyl (C=O) groups excluding carboxylic acids is 3. The van der Waals surface area contributed by atoms with E-state index in [1.54, 1.807) is 47.4 Å². The van der Waals surface area contributed by atoms with Crippen molar-refractivity contribution < 1.29 is 14.4 Å². The molecule has 0 fully saturated rings. The van der Waals surface area contributed by atoms with Crippen molar-refractivity contribution in [2.75, 3.05) is 11.9 Å². The highest BCUT2D eigenvalue weighted by Gasteiger charge is 2.29. The molecule has 0 saturated heterocycles. The lowest BCUT2D eigenvalue weighted by atomic mass is 10.1. The monoisotopic (exact) mass is 327 g/mol. The maximum Gasteiger partial charge on any atom is 0.254 e. The molecule has 0 saturated carbocycles. The van der Waals surface area contributed by atoms with Gasteiger partial charge < -0.3 is 16.0 Å². The Balaban J connectivity index is 1.56. The molecule has 8 nitrogen and oxygen atoms in total. The average molecular weight is 327 g/mol. The zero-order valence-electron chi connectivity index (χ0n) is 12.9. The topological polar surface area (TPSA) is 105 Å². The van der Waals surface area contributed by atoms with E-state index in [1.165, 1.54) is 0 Å². The molecule has 1 unspecified atom stereocenters. The van der Waals surface area contributed by atoms with Gasteiger partial charge in [0.2, 0.25) is 11.8 Å². The van der Waals surface area contributed by atoms with Crippen LogP contribution >= 0.6 is 0 Å². The van der Waals surface area contributed by atoms with Gasteiger partial charge in [0.1, 0.15) is 6.04 Å². The van der Waals surface area contributed by atoms with Crippen molar-refractivity contribution in [2.45, 2.75) is 19.0 Å². The van der Waals surface area contributed by atoms with E-state index in [9.17, 15) is 14.4 Å². The van der Waals surface area contributed by atoms with E-state index in [-0.39, 0.29) is 18.2 Å². The molecule has 2 aromatic rings. The first-order valence-corrected chi connectivity index (χ1v) is 7.58. The van der Waals surface area contributed by atoms with Gasteiger partial charge in [-0.05, 0) is 18.2 Å². The number of carbonyl (C=O) groups is 3. The summed E-state index contributed by atoms with van der Waals surface area (Å²) in [6.45, 7) is 0.927. The van der Waals surface area contributed by atoms with E-state index in [0.717, 1.165) is 0 Å². The molecule has 1 aromatic carbocycles. The number of nitrogens with one attached hydrogen (secondary N) is 3. The van der Waals surface area contributed by atoms with E-state index in [1.807, 2.05) is 0 Å². The van der Waals surface area contributed by atoms with Crippen LogP contribution in [0.15, 0.2) is 42.7 Å². The minimum Gasteiger partial charge on any atom is -0.354 e. The molecule has 3 rings (SSSR count). The van der Waals surface area contributed by atoms with Crippen LogP contribution in [-0.4, -0.2) is 40.1 Å². The van der Waals surface area contributed by atoms with Gasteiger partial charge in [-0.1, -0.05) is 12.1 Å². The SMILES string of the molecule is O=C(CC1NC(=O)c2ccccc2NC1=O)NCCn1cccn1. The quantitative estimate of drug-likeness (QED) is 0.726. The Labute approximate surface area is 138 Å². The lowest BCUT2D eigenvalue weighted by Crippen LogP contribution is -2.44. The van der Waals surface area contributed by atoms with Crippen molar-refractivity contribution in [3.63, 3.8) is 0 Å². The van der Waals surface area contributed by atoms with Crippen molar-refractivity contribution >= 4 is 23.4 Å². The number of fused-ring (bicyclic) bond motifs is 1. The number of amides is 3. The van der Waals surface area contributed by atoms with Crippen LogP contribution in [-0.2, 0) is 16.1 Å². The Morgan fingerprint density at radius 1 is 1.25 bits per heavy atom. The van der Waals surface area contributed by atoms with Crippen molar-refractivity contribution in [2.24, 2.45) is 0 Å². The summed E-state index contributed by atoms with van der Waals surface area (Å²) in [6.07, 6.45) is 3.33. The summed E-state index contributed by atoms with van der Waals surface area (Å²) in [5, 5.41) is 12.0. The van der Waals surface area contributed by atoms with Gasteiger partial charge in [-0.3, -0.25) is 19.1 Å². The maximum absolute atomic E-state index is 12.2. The Hall–Kier alpha value is -3.16. The standard InChI is InChI=1S/C16H17N5O3/c22-14(17-7-9-21-8-3-6-18-21)10-13-16(24)19-12-5-2-1-4-11(12)15(23)20-13/h1-6,8,13H,7,9-10H2,(H,17,22)(H,19,24)(H,20,23). The third-order valence-electron chi connectivity index (χ3n) is 3.66. The van der Waals surface area contributed by atoms with Gasteiger partial charge in [0.25, 0.3) is 5.91 Å². The highest BCUT2D eigenvalue weighted by Crippen LogP contribution is 2.18. The summed E-state index contributed by atoms with van der Waals surface area (Å²) in [4.78, 5) is 36.4. The van der Waals surface area contributed by atoms with E-state index in [4.69, 9.17) is 0 Å². The molecule has 0 aliphatic carbocycles. The van der Waals surface area contributed by atoms with Gasteiger partial charge in [-0.25, -0.2) is 0 Å². The summed E-state index contributed by atoms with van der Waals surface area (Å²) in [7, 11) is 0. The van der Waals surface area contributed by atoms with Gasteiger partial charge in [0, 0.05) is 18.9 Å². The van der Waals surface area contributed by atoms with Crippen molar-refractivity contribution in [3.8, 4) is 0 Å². The minimum absolute atomic E-state index is 0.120. The van der Waals surface area contributed by atoms with E-state index >= 15 is 0 Å². The minimum atomic E-state index is -0.908. The molecule has 0 radical (unpaired) electrons. The first-order chi connectivity index (χ1) is 11.6. The molecule has 124 valence electrons. The zero-order valence-corrected chi connectivity index (χ0v) is 12.9. The smallest absolute Gasteiger partial charge is 0.254 e. The number of hydrogen-bond donors (Lipinski definition) is 3. The third-order valence-corrected chi connectivity index (χ3v) is 3.66. The predicted molar refractivity (Wildman–Crippen MR) is 86.2 cm³/mol. The lowest BCUT2D eigenvalue weighted by molar-refractivity contribution is -0.125. The number of nitrogens with zero attached hydrogens (tertiary/aromatic N) is 2. The van der Waals surface area contributed by atoms with Crippen molar-refractivity contribution in [3.05, 3.63) is 48.3 Å². The Kier molecular flexibility index (Phi) is 4.55. The number of aromatic nitrogens is 2. The fourth-order valence-electron chi connectivity index (χ4n) is 2.46. The van der Waals surface area contributed by atoms with Gasteiger partial charge in [-0.2, -0.15) is 5.10 Å². The van der Waals surface area contributed by atoms with Gasteiger partial charge in [-0.15, -0.1) is 0 Å². The highest BCUT2D eigenvalue weighted by atomic mass is 16.2. The van der Waals surface area contributed by atoms with Crippen LogP contribution in [0.5, 0.6) is 0 Å². The number of hydrogen-bond acceptors (Lipinski definition) is 4. The summed E-state index contributed by atoms with van der Waals surface area (Å²) in [6, 6.07) is 7.61. The van der Waals surface area contributed by atoms with Crippen LogP contribution in [0.3, 0.4) is 0 Å². The molecule has 3 amide bonds. The fourth-order valence-corrected chi connectivity index (χ4v) is 2.46. The first-order valence-electron chi connectivity index (χ1n) is 7.58. The summed E-state index contributed by atoms with van der Waals surface area (Å²) in [5.41, 5.74) is 0.828. The molecule has 1 atom stereocenters. The molecule has 1 aliphatic rings. The van der Waals surface area contributed by atoms with Crippen molar-refractivity contribution in [1.29, 1.82) is 0 Å². The van der Waals surface area contributed by atoms with Crippen LogP contribution < -0.4 is 16.0 Å². The van der Waals surface area contributed by atoms with Gasteiger partial charge in [0.05, 0.1) is 24.2 Å². The number of rotatable bonds is 5. The van der Waals surface area contributed by atoms with Gasteiger partial charge >= 0.3 is 0 Å². The second-order valence-electron chi connectivity index (χ2n) is 5.38. The summed E-state index contributed by atoms with van der Waals surface area (Å²) >= 11 is 0. The fraction of sp³-hybridized carbons (Fsp3) is 0.250. The third kappa shape index (κ3) is 3.60. The molecule has 1 aliphatic heterocycles. The molecule has 24 heavy (non-hydrogen) atoms. The second-order valence-corrected chi connectivity index (χ2v) is 5.38. The van der Waals surface area contributed by atoms with Crippen LogP contribution in [0, 0.1) is 0 Å². The lowest BCUT2D eigenvalue weighted by Gasteiger charge is -2.14. The second kappa shape index (κ2) is 6.95. The Bertz CT molecular complexity index is 757. The molecule has 0 spiro atoms. The average Bonchev–Trinajstić information content (AvgIpc) is 3.04. The number of benzene rings is 1. The van der Waals surface area contributed by atoms with E-state index in [2.05, 4.69) is 21.0 Å². The van der Waals surface area contributed by atoms with E-state index < -0.39 is 11.9 Å². The van der Waals surface area contributed by atoms with Crippen LogP contribution in [0.2, 0.25) is 0 Å². The molecule has 2 heterocycles. The summed E-state index contributed by atoms with van der Waals surface area (Å²) in [5.74, 6) is -1.10. The molecule has 8 heteroatoms. The largest absolute Gasteiger partial charge is 0.354 e. The molecule has 0 bridgehead atoms. The Morgan fingerprint density at radius 2 is 2.08 bits per heavy atom. The number of para-hydroxylation sites is 1. The predicted octanol–water partition coefficient (Wildman–Crippen LogP) is 0.140. The summed E-state index contributed by atoms with van der Waals surface area (Å²) < 4.78 is 1.69. The molecular weight excluding hydrogens is 310 g/mol. The van der Waals surface area contributed by atoms with Crippen LogP contribution in [0.25, 0.3) is 0 Å². The molecular formula is C16H17N5O3. The zero-order chi connectivity index (χ0) is 16.9. The highest BCUT2D eigenvalue weighted by molar-refractivity contribution is 6.10. The first kappa shape index (κ1) is 15.7. The normalized spacial score (nSPS) is 16.6. The number of anilines is 1. The Morgan fingerprint density at radius 3 is 2.88 bits per heavy atom. The van der Waals surface area contributed by atoms with E-state index in [0.29, 0.717) is 24.3 Å². The molecule has 1 aromatic heterocycles. The maximum atomic E-state index is 12.2. The van der Waals surface area contributed by atoms with Crippen molar-refractivity contribution in [1.82, 2.24) is 20.4 Å². The van der Waals surface area contributed by atoms with Crippen LogP contribution in [0.4, 0.5) is 5.69 Å². The molecule has 3 N–H and O–H groups in total.